The quantitative estimate of drug-likeness (QED) is 0.481. The normalized spacial score (nSPS) is 14.4. The molecule has 14 heavy (non-hydrogen) atoms. The van der Waals surface area contributed by atoms with Gasteiger partial charge in [0.2, 0.25) is 0 Å². The fourth-order valence-electron chi connectivity index (χ4n) is 1.35. The summed E-state index contributed by atoms with van der Waals surface area (Å²) in [6, 6.07) is 3.10. The van der Waals surface area contributed by atoms with Crippen LogP contribution in [0.5, 0.6) is 0 Å². The molecule has 1 aromatic rings. The minimum atomic E-state index is -0.502. The Morgan fingerprint density at radius 2 is 2.14 bits per heavy atom. The van der Waals surface area contributed by atoms with Gasteiger partial charge < -0.3 is 4.79 Å². The average molecular weight is 190 g/mol. The predicted molar refractivity (Wildman–Crippen MR) is 45.7 cm³/mol. The smallest absolute Gasteiger partial charge is 0.280 e. The standard InChI is InChI=1S/C9H6N2O3/c12-5-4-11-8(13)6-2-1-3-10-7(6)9(11)14/h1-3,5H,4H2. The minimum Gasteiger partial charge on any atom is -0.301 e. The second-order valence-corrected chi connectivity index (χ2v) is 2.79. The lowest BCUT2D eigenvalue weighted by Crippen LogP contribution is -2.31. The van der Waals surface area contributed by atoms with E-state index in [-0.39, 0.29) is 17.8 Å². The number of hydrogen-bond acceptors (Lipinski definition) is 4. The zero-order chi connectivity index (χ0) is 10.1. The van der Waals surface area contributed by atoms with Gasteiger partial charge in [-0.15, -0.1) is 0 Å². The third-order valence-corrected chi connectivity index (χ3v) is 1.99. The molecule has 1 aromatic heterocycles. The molecule has 0 bridgehead atoms. The van der Waals surface area contributed by atoms with Crippen molar-refractivity contribution in [3.8, 4) is 0 Å². The second kappa shape index (κ2) is 3.02. The highest BCUT2D eigenvalue weighted by Crippen LogP contribution is 2.19. The summed E-state index contributed by atoms with van der Waals surface area (Å²) < 4.78 is 0. The van der Waals surface area contributed by atoms with Gasteiger partial charge in [0, 0.05) is 6.20 Å². The molecule has 1 aliphatic heterocycles. The van der Waals surface area contributed by atoms with Gasteiger partial charge in [0.05, 0.1) is 12.1 Å². The van der Waals surface area contributed by atoms with Crippen molar-refractivity contribution in [3.63, 3.8) is 0 Å². The zero-order valence-electron chi connectivity index (χ0n) is 7.14. The fraction of sp³-hybridized carbons (Fsp3) is 0.111. The third-order valence-electron chi connectivity index (χ3n) is 1.99. The van der Waals surface area contributed by atoms with Gasteiger partial charge in [-0.05, 0) is 12.1 Å². The number of aldehydes is 1. The maximum absolute atomic E-state index is 11.5. The van der Waals surface area contributed by atoms with Gasteiger partial charge in [-0.2, -0.15) is 0 Å². The molecule has 0 saturated heterocycles. The number of nitrogens with zero attached hydrogens (tertiary/aromatic N) is 2. The Labute approximate surface area is 79.3 Å². The van der Waals surface area contributed by atoms with Crippen LogP contribution >= 0.6 is 0 Å². The van der Waals surface area contributed by atoms with Crippen LogP contribution in [-0.2, 0) is 4.79 Å². The first-order chi connectivity index (χ1) is 6.75. The van der Waals surface area contributed by atoms with E-state index >= 15 is 0 Å². The van der Waals surface area contributed by atoms with E-state index in [1.807, 2.05) is 0 Å². The van der Waals surface area contributed by atoms with Gasteiger partial charge >= 0.3 is 0 Å². The van der Waals surface area contributed by atoms with Crippen molar-refractivity contribution in [1.29, 1.82) is 0 Å². The molecule has 0 atom stereocenters. The second-order valence-electron chi connectivity index (χ2n) is 2.79. The molecule has 0 spiro atoms. The highest BCUT2D eigenvalue weighted by atomic mass is 16.2. The van der Waals surface area contributed by atoms with Crippen LogP contribution < -0.4 is 0 Å². The highest BCUT2D eigenvalue weighted by molar-refractivity contribution is 6.20. The summed E-state index contributed by atoms with van der Waals surface area (Å²) in [6.07, 6.45) is 1.95. The Balaban J connectivity index is 2.48. The minimum absolute atomic E-state index is 0.124. The van der Waals surface area contributed by atoms with Crippen molar-refractivity contribution in [1.82, 2.24) is 9.88 Å². The summed E-state index contributed by atoms with van der Waals surface area (Å²) in [5, 5.41) is 0. The number of aromatic nitrogens is 1. The third kappa shape index (κ3) is 1.02. The Kier molecular flexibility index (Phi) is 1.85. The first-order valence-electron chi connectivity index (χ1n) is 4.00. The number of pyridine rings is 1. The summed E-state index contributed by atoms with van der Waals surface area (Å²) in [6.45, 7) is -0.214. The highest BCUT2D eigenvalue weighted by Gasteiger charge is 2.35. The van der Waals surface area contributed by atoms with E-state index in [4.69, 9.17) is 0 Å². The van der Waals surface area contributed by atoms with Gasteiger partial charge in [0.15, 0.2) is 0 Å². The Morgan fingerprint density at radius 3 is 2.79 bits per heavy atom. The molecule has 0 aliphatic carbocycles. The molecular weight excluding hydrogens is 184 g/mol. The molecule has 0 saturated carbocycles. The first-order valence-corrected chi connectivity index (χ1v) is 4.00. The summed E-state index contributed by atoms with van der Waals surface area (Å²) in [5.41, 5.74) is 0.388. The molecule has 0 N–H and O–H groups in total. The van der Waals surface area contributed by atoms with Gasteiger partial charge in [-0.3, -0.25) is 19.5 Å². The van der Waals surface area contributed by atoms with Crippen molar-refractivity contribution in [2.75, 3.05) is 6.54 Å². The predicted octanol–water partition coefficient (Wildman–Crippen LogP) is -0.123. The Hall–Kier alpha value is -2.04. The topological polar surface area (TPSA) is 67.3 Å². The largest absolute Gasteiger partial charge is 0.301 e. The van der Waals surface area contributed by atoms with Crippen LogP contribution in [0.25, 0.3) is 0 Å². The van der Waals surface area contributed by atoms with Crippen LogP contribution in [0, 0.1) is 0 Å². The van der Waals surface area contributed by atoms with Crippen molar-refractivity contribution < 1.29 is 14.4 Å². The van der Waals surface area contributed by atoms with E-state index in [1.54, 1.807) is 6.07 Å². The monoisotopic (exact) mass is 190 g/mol. The average Bonchev–Trinajstić information content (AvgIpc) is 2.45. The molecule has 1 aliphatic rings. The van der Waals surface area contributed by atoms with Gasteiger partial charge in [-0.1, -0.05) is 0 Å². The van der Waals surface area contributed by atoms with Gasteiger partial charge in [0.1, 0.15) is 12.0 Å². The lowest BCUT2D eigenvalue weighted by Gasteiger charge is -2.07. The summed E-state index contributed by atoms with van der Waals surface area (Å²) in [5.74, 6) is -0.956. The van der Waals surface area contributed by atoms with Crippen molar-refractivity contribution in [3.05, 3.63) is 29.6 Å². The van der Waals surface area contributed by atoms with Crippen LogP contribution in [0.1, 0.15) is 20.8 Å². The first kappa shape index (κ1) is 8.55. The van der Waals surface area contributed by atoms with Gasteiger partial charge in [0.25, 0.3) is 11.8 Å². The fourth-order valence-corrected chi connectivity index (χ4v) is 1.35. The number of hydrogen-bond donors (Lipinski definition) is 0. The number of amides is 2. The molecule has 0 aromatic carbocycles. The van der Waals surface area contributed by atoms with Crippen molar-refractivity contribution in [2.24, 2.45) is 0 Å². The van der Waals surface area contributed by atoms with E-state index in [2.05, 4.69) is 4.98 Å². The number of fused-ring (bicyclic) bond motifs is 1. The molecule has 0 radical (unpaired) electrons. The van der Waals surface area contributed by atoms with E-state index < -0.39 is 11.8 Å². The number of carbonyl (C=O) groups excluding carboxylic acids is 3. The van der Waals surface area contributed by atoms with Crippen LogP contribution in [0.3, 0.4) is 0 Å². The Bertz CT molecular complexity index is 393. The molecule has 2 rings (SSSR count). The van der Waals surface area contributed by atoms with E-state index in [0.29, 0.717) is 6.29 Å². The molecular formula is C9H6N2O3. The zero-order valence-corrected chi connectivity index (χ0v) is 7.14. The number of carbonyl (C=O) groups is 3. The van der Waals surface area contributed by atoms with Crippen molar-refractivity contribution in [2.45, 2.75) is 0 Å². The van der Waals surface area contributed by atoms with E-state index in [1.165, 1.54) is 12.3 Å². The summed E-state index contributed by atoms with van der Waals surface area (Å²) in [4.78, 5) is 37.9. The molecule has 2 amide bonds. The van der Waals surface area contributed by atoms with Crippen LogP contribution in [0.2, 0.25) is 0 Å². The van der Waals surface area contributed by atoms with E-state index in [9.17, 15) is 14.4 Å². The molecule has 5 heteroatoms. The lowest BCUT2D eigenvalue weighted by atomic mass is 10.2. The van der Waals surface area contributed by atoms with E-state index in [0.717, 1.165) is 4.90 Å². The molecule has 2 heterocycles. The molecule has 5 nitrogen and oxygen atoms in total. The summed E-state index contributed by atoms with van der Waals surface area (Å²) >= 11 is 0. The van der Waals surface area contributed by atoms with Gasteiger partial charge in [-0.25, -0.2) is 0 Å². The molecule has 0 fully saturated rings. The van der Waals surface area contributed by atoms with Crippen molar-refractivity contribution >= 4 is 18.1 Å². The maximum atomic E-state index is 11.5. The molecule has 0 unspecified atom stereocenters. The SMILES string of the molecule is O=CCN1C(=O)c2cccnc2C1=O. The van der Waals surface area contributed by atoms with Crippen LogP contribution in [-0.4, -0.2) is 34.5 Å². The van der Waals surface area contributed by atoms with Crippen LogP contribution in [0.15, 0.2) is 18.3 Å². The maximum Gasteiger partial charge on any atom is 0.280 e. The molecule has 70 valence electrons. The lowest BCUT2D eigenvalue weighted by molar-refractivity contribution is -0.108. The number of rotatable bonds is 2. The Morgan fingerprint density at radius 1 is 1.36 bits per heavy atom. The number of imide groups is 1. The van der Waals surface area contributed by atoms with Crippen LogP contribution in [0.4, 0.5) is 0 Å². The summed E-state index contributed by atoms with van der Waals surface area (Å²) in [7, 11) is 0.